The summed E-state index contributed by atoms with van der Waals surface area (Å²) in [6.45, 7) is 1.98. The van der Waals surface area contributed by atoms with Gasteiger partial charge in [-0.15, -0.1) is 0 Å². The Morgan fingerprint density at radius 1 is 1.50 bits per heavy atom. The first-order valence-electron chi connectivity index (χ1n) is 4.72. The molecule has 0 bridgehead atoms. The van der Waals surface area contributed by atoms with Crippen LogP contribution in [0.15, 0.2) is 24.5 Å². The molecule has 1 saturated heterocycles. The second-order valence-electron chi connectivity index (χ2n) is 3.65. The molecular weight excluding hydrogens is 178 g/mol. The van der Waals surface area contributed by atoms with Crippen LogP contribution in [0.1, 0.15) is 11.6 Å². The maximum absolute atomic E-state index is 9.56. The van der Waals surface area contributed by atoms with E-state index < -0.39 is 0 Å². The summed E-state index contributed by atoms with van der Waals surface area (Å²) < 4.78 is 1.86. The van der Waals surface area contributed by atoms with Crippen LogP contribution in [0.5, 0.6) is 5.75 Å². The van der Waals surface area contributed by atoms with Crippen LogP contribution < -0.4 is 5.32 Å². The van der Waals surface area contributed by atoms with E-state index in [9.17, 15) is 5.11 Å². The zero-order valence-electron chi connectivity index (χ0n) is 7.64. The number of fused-ring (bicyclic) bond motifs is 1. The van der Waals surface area contributed by atoms with E-state index >= 15 is 0 Å². The van der Waals surface area contributed by atoms with Gasteiger partial charge in [0.1, 0.15) is 0 Å². The van der Waals surface area contributed by atoms with Crippen LogP contribution in [0.3, 0.4) is 0 Å². The second-order valence-corrected chi connectivity index (χ2v) is 3.65. The molecule has 0 saturated carbocycles. The zero-order chi connectivity index (χ0) is 9.54. The number of aromatic nitrogens is 2. The number of nitrogens with one attached hydrogen (secondary N) is 1. The van der Waals surface area contributed by atoms with Crippen LogP contribution in [0.2, 0.25) is 0 Å². The summed E-state index contributed by atoms with van der Waals surface area (Å²) in [5, 5.41) is 12.8. The molecule has 0 atom stereocenters. The highest BCUT2D eigenvalue weighted by atomic mass is 16.3. The Balaban J connectivity index is 2.15. The van der Waals surface area contributed by atoms with Gasteiger partial charge in [-0.3, -0.25) is 0 Å². The van der Waals surface area contributed by atoms with Crippen LogP contribution in [0.25, 0.3) is 5.65 Å². The summed E-state index contributed by atoms with van der Waals surface area (Å²) in [5.41, 5.74) is 1.71. The summed E-state index contributed by atoms with van der Waals surface area (Å²) in [6.07, 6.45) is 3.89. The van der Waals surface area contributed by atoms with Crippen molar-refractivity contribution in [2.45, 2.75) is 5.92 Å². The highest BCUT2D eigenvalue weighted by molar-refractivity contribution is 5.53. The number of hydrogen-bond donors (Lipinski definition) is 2. The van der Waals surface area contributed by atoms with Crippen molar-refractivity contribution in [2.75, 3.05) is 13.1 Å². The van der Waals surface area contributed by atoms with E-state index in [0.29, 0.717) is 11.6 Å². The van der Waals surface area contributed by atoms with E-state index in [4.69, 9.17) is 0 Å². The number of pyridine rings is 1. The van der Waals surface area contributed by atoms with E-state index in [0.717, 1.165) is 18.8 Å². The van der Waals surface area contributed by atoms with Crippen LogP contribution in [0, 0.1) is 0 Å². The van der Waals surface area contributed by atoms with Crippen molar-refractivity contribution in [2.24, 2.45) is 0 Å². The van der Waals surface area contributed by atoms with Gasteiger partial charge in [-0.1, -0.05) is 0 Å². The number of hydrogen-bond acceptors (Lipinski definition) is 3. The van der Waals surface area contributed by atoms with Crippen molar-refractivity contribution < 1.29 is 5.11 Å². The quantitative estimate of drug-likeness (QED) is 0.695. The van der Waals surface area contributed by atoms with Gasteiger partial charge >= 0.3 is 0 Å². The first kappa shape index (κ1) is 7.82. The number of nitrogens with zero attached hydrogens (tertiary/aromatic N) is 2. The maximum atomic E-state index is 9.56. The maximum Gasteiger partial charge on any atom is 0.179 e. The molecule has 3 rings (SSSR count). The molecule has 1 fully saturated rings. The van der Waals surface area contributed by atoms with Gasteiger partial charge in [-0.05, 0) is 12.1 Å². The van der Waals surface area contributed by atoms with E-state index in [-0.39, 0.29) is 5.75 Å². The third kappa shape index (κ3) is 1.01. The van der Waals surface area contributed by atoms with Gasteiger partial charge in [0.05, 0.1) is 5.69 Å². The Bertz CT molecular complexity index is 473. The lowest BCUT2D eigenvalue weighted by atomic mass is 10.0. The van der Waals surface area contributed by atoms with Crippen LogP contribution in [-0.2, 0) is 0 Å². The topological polar surface area (TPSA) is 49.6 Å². The lowest BCUT2D eigenvalue weighted by Gasteiger charge is -2.24. The highest BCUT2D eigenvalue weighted by Crippen LogP contribution is 2.23. The minimum Gasteiger partial charge on any atom is -0.504 e. The molecule has 2 aromatic rings. The Kier molecular flexibility index (Phi) is 1.52. The Morgan fingerprint density at radius 2 is 2.36 bits per heavy atom. The van der Waals surface area contributed by atoms with Gasteiger partial charge in [0.15, 0.2) is 11.4 Å². The molecule has 1 aliphatic rings. The van der Waals surface area contributed by atoms with Crippen molar-refractivity contribution in [3.05, 3.63) is 30.2 Å². The normalized spacial score (nSPS) is 17.1. The minimum absolute atomic E-state index is 0.242. The molecule has 0 amide bonds. The smallest absolute Gasteiger partial charge is 0.179 e. The molecule has 0 radical (unpaired) electrons. The Labute approximate surface area is 81.2 Å². The molecule has 72 valence electrons. The van der Waals surface area contributed by atoms with Crippen molar-refractivity contribution in [3.8, 4) is 5.75 Å². The monoisotopic (exact) mass is 189 g/mol. The summed E-state index contributed by atoms with van der Waals surface area (Å²) in [4.78, 5) is 4.41. The predicted molar refractivity (Wildman–Crippen MR) is 52.5 cm³/mol. The van der Waals surface area contributed by atoms with Crippen molar-refractivity contribution in [1.29, 1.82) is 0 Å². The van der Waals surface area contributed by atoms with E-state index in [1.807, 2.05) is 22.9 Å². The zero-order valence-corrected chi connectivity index (χ0v) is 7.64. The molecule has 0 aliphatic carbocycles. The molecule has 3 heterocycles. The second kappa shape index (κ2) is 2.72. The SMILES string of the molecule is Oc1cccn2cc(C3CNC3)nc12. The summed E-state index contributed by atoms with van der Waals surface area (Å²) >= 11 is 0. The average molecular weight is 189 g/mol. The first-order chi connectivity index (χ1) is 6.84. The van der Waals surface area contributed by atoms with Crippen molar-refractivity contribution in [1.82, 2.24) is 14.7 Å². The fourth-order valence-electron chi connectivity index (χ4n) is 1.71. The van der Waals surface area contributed by atoms with Gasteiger partial charge in [0.25, 0.3) is 0 Å². The van der Waals surface area contributed by atoms with Gasteiger partial charge in [-0.25, -0.2) is 4.98 Å². The predicted octanol–water partition coefficient (Wildman–Crippen LogP) is 0.727. The summed E-state index contributed by atoms with van der Waals surface area (Å²) in [5.74, 6) is 0.750. The molecule has 4 heteroatoms. The van der Waals surface area contributed by atoms with Gasteiger partial charge in [0.2, 0.25) is 0 Å². The summed E-state index contributed by atoms with van der Waals surface area (Å²) in [6, 6.07) is 3.47. The Hall–Kier alpha value is -1.55. The van der Waals surface area contributed by atoms with Gasteiger partial charge in [-0.2, -0.15) is 0 Å². The fourth-order valence-corrected chi connectivity index (χ4v) is 1.71. The molecule has 0 aromatic carbocycles. The standard InChI is InChI=1S/C10H11N3O/c14-9-2-1-3-13-6-8(12-10(9)13)7-4-11-5-7/h1-3,6-7,11,14H,4-5H2. The molecule has 2 N–H and O–H groups in total. The Morgan fingerprint density at radius 3 is 3.00 bits per heavy atom. The van der Waals surface area contributed by atoms with E-state index in [1.165, 1.54) is 0 Å². The minimum atomic E-state index is 0.242. The van der Waals surface area contributed by atoms with Crippen LogP contribution >= 0.6 is 0 Å². The lowest BCUT2D eigenvalue weighted by molar-refractivity contribution is 0.441. The fraction of sp³-hybridized carbons (Fsp3) is 0.300. The molecular formula is C10H11N3O. The average Bonchev–Trinajstić information content (AvgIpc) is 2.46. The van der Waals surface area contributed by atoms with E-state index in [1.54, 1.807) is 6.07 Å². The van der Waals surface area contributed by atoms with Gasteiger partial charge in [0, 0.05) is 31.4 Å². The summed E-state index contributed by atoms with van der Waals surface area (Å²) in [7, 11) is 0. The largest absolute Gasteiger partial charge is 0.504 e. The number of imidazole rings is 1. The van der Waals surface area contributed by atoms with E-state index in [2.05, 4.69) is 10.3 Å². The molecule has 1 aliphatic heterocycles. The lowest BCUT2D eigenvalue weighted by Crippen LogP contribution is -2.40. The highest BCUT2D eigenvalue weighted by Gasteiger charge is 2.21. The molecule has 0 spiro atoms. The molecule has 2 aromatic heterocycles. The first-order valence-corrected chi connectivity index (χ1v) is 4.72. The van der Waals surface area contributed by atoms with Crippen LogP contribution in [-0.4, -0.2) is 27.6 Å². The van der Waals surface area contributed by atoms with Gasteiger partial charge < -0.3 is 14.8 Å². The van der Waals surface area contributed by atoms with Crippen molar-refractivity contribution >= 4 is 5.65 Å². The third-order valence-corrected chi connectivity index (χ3v) is 2.68. The van der Waals surface area contributed by atoms with Crippen molar-refractivity contribution in [3.63, 3.8) is 0 Å². The third-order valence-electron chi connectivity index (χ3n) is 2.68. The number of aromatic hydroxyl groups is 1. The van der Waals surface area contributed by atoms with Crippen LogP contribution in [0.4, 0.5) is 0 Å². The number of rotatable bonds is 1. The molecule has 0 unspecified atom stereocenters. The molecule has 14 heavy (non-hydrogen) atoms. The molecule has 4 nitrogen and oxygen atoms in total.